The number of hydrogen-bond donors (Lipinski definition) is 2. The van der Waals surface area contributed by atoms with Crippen molar-refractivity contribution in [1.82, 2.24) is 9.78 Å². The molecule has 3 rings (SSSR count). The Morgan fingerprint density at radius 2 is 2.10 bits per heavy atom. The number of benzene rings is 1. The van der Waals surface area contributed by atoms with Gasteiger partial charge in [-0.15, -0.1) is 5.10 Å². The number of nitrogens with zero attached hydrogens (tertiary/aromatic N) is 2. The molecule has 1 aromatic carbocycles. The van der Waals surface area contributed by atoms with Crippen LogP contribution in [0.5, 0.6) is 0 Å². The lowest BCUT2D eigenvalue weighted by atomic mass is 10.1. The van der Waals surface area contributed by atoms with Gasteiger partial charge in [0, 0.05) is 12.8 Å². The van der Waals surface area contributed by atoms with Gasteiger partial charge in [-0.2, -0.15) is 4.68 Å². The molecule has 5 nitrogen and oxygen atoms in total. The molecule has 2 N–H and O–H groups in total. The third-order valence-electron chi connectivity index (χ3n) is 3.75. The van der Waals surface area contributed by atoms with E-state index in [-0.39, 0.29) is 6.10 Å². The summed E-state index contributed by atoms with van der Waals surface area (Å²) in [4.78, 5) is 1.69. The van der Waals surface area contributed by atoms with E-state index in [1.807, 2.05) is 18.2 Å². The second-order valence-electron chi connectivity index (χ2n) is 5.29. The minimum atomic E-state index is -0.169. The predicted molar refractivity (Wildman–Crippen MR) is 81.7 cm³/mol. The zero-order valence-electron chi connectivity index (χ0n) is 11.5. The maximum absolute atomic E-state index is 9.54. The fourth-order valence-corrected chi connectivity index (χ4v) is 2.93. The number of halogens is 1. The van der Waals surface area contributed by atoms with Gasteiger partial charge in [0.15, 0.2) is 6.67 Å². The van der Waals surface area contributed by atoms with E-state index in [4.69, 9.17) is 28.2 Å². The molecule has 1 aromatic heterocycles. The molecule has 0 unspecified atom stereocenters. The Morgan fingerprint density at radius 1 is 1.38 bits per heavy atom. The molecule has 21 heavy (non-hydrogen) atoms. The van der Waals surface area contributed by atoms with Crippen molar-refractivity contribution in [3.8, 4) is 11.5 Å². The van der Waals surface area contributed by atoms with Gasteiger partial charge >= 0.3 is 0 Å². The van der Waals surface area contributed by atoms with Gasteiger partial charge in [0.25, 0.3) is 4.84 Å². The molecule has 0 bridgehead atoms. The molecule has 1 aliphatic heterocycles. The number of likely N-dealkylation sites (tertiary alicyclic amines) is 1. The Kier molecular flexibility index (Phi) is 4.40. The summed E-state index contributed by atoms with van der Waals surface area (Å²) in [5.74, 6) is 0.446. The molecule has 0 spiro atoms. The summed E-state index contributed by atoms with van der Waals surface area (Å²) in [7, 11) is 0. The van der Waals surface area contributed by atoms with Crippen molar-refractivity contribution in [3.05, 3.63) is 34.1 Å². The molecule has 0 amide bonds. The Morgan fingerprint density at radius 3 is 2.81 bits per heavy atom. The van der Waals surface area contributed by atoms with Crippen molar-refractivity contribution < 1.29 is 14.4 Å². The van der Waals surface area contributed by atoms with Crippen LogP contribution < -0.4 is 4.90 Å². The van der Waals surface area contributed by atoms with Crippen LogP contribution in [0.4, 0.5) is 0 Å². The lowest BCUT2D eigenvalue weighted by molar-refractivity contribution is -0.929. The van der Waals surface area contributed by atoms with Gasteiger partial charge < -0.3 is 14.4 Å². The normalized spacial score (nSPS) is 22.4. The van der Waals surface area contributed by atoms with Crippen LogP contribution in [0.25, 0.3) is 11.5 Å². The smallest absolute Gasteiger partial charge is 0.292 e. The van der Waals surface area contributed by atoms with Crippen molar-refractivity contribution in [2.75, 3.05) is 13.1 Å². The van der Waals surface area contributed by atoms with E-state index >= 15 is 0 Å². The van der Waals surface area contributed by atoms with E-state index in [0.717, 1.165) is 31.5 Å². The van der Waals surface area contributed by atoms with E-state index in [2.05, 4.69) is 5.10 Å². The Labute approximate surface area is 132 Å². The maximum Gasteiger partial charge on any atom is 0.292 e. The molecule has 0 atom stereocenters. The van der Waals surface area contributed by atoms with Gasteiger partial charge in [-0.3, -0.25) is 0 Å². The minimum Gasteiger partial charge on any atom is -0.409 e. The summed E-state index contributed by atoms with van der Waals surface area (Å²) in [6.45, 7) is 2.48. The molecule has 2 heterocycles. The van der Waals surface area contributed by atoms with Crippen LogP contribution in [0.2, 0.25) is 5.02 Å². The highest BCUT2D eigenvalue weighted by Crippen LogP contribution is 2.26. The second-order valence-corrected chi connectivity index (χ2v) is 6.05. The van der Waals surface area contributed by atoms with Crippen molar-refractivity contribution in [2.45, 2.75) is 25.6 Å². The summed E-state index contributed by atoms with van der Waals surface area (Å²) < 4.78 is 7.26. The van der Waals surface area contributed by atoms with Crippen molar-refractivity contribution >= 4 is 23.8 Å². The number of aliphatic hydroxyl groups excluding tert-OH is 1. The van der Waals surface area contributed by atoms with Gasteiger partial charge in [0.1, 0.15) is 0 Å². The molecule has 0 radical (unpaired) electrons. The first-order valence-corrected chi connectivity index (χ1v) is 7.76. The van der Waals surface area contributed by atoms with Gasteiger partial charge in [-0.1, -0.05) is 23.7 Å². The number of rotatable bonds is 3. The number of quaternary nitrogens is 1. The molecular weight excluding hydrogens is 310 g/mol. The van der Waals surface area contributed by atoms with E-state index in [1.165, 1.54) is 4.90 Å². The molecular formula is C14H17ClN3O2S+. The van der Waals surface area contributed by atoms with Crippen LogP contribution in [-0.4, -0.2) is 34.1 Å². The van der Waals surface area contributed by atoms with Gasteiger partial charge in [-0.05, 0) is 24.4 Å². The lowest BCUT2D eigenvalue weighted by Gasteiger charge is -2.25. The summed E-state index contributed by atoms with van der Waals surface area (Å²) >= 11 is 11.4. The molecule has 0 aliphatic carbocycles. The van der Waals surface area contributed by atoms with Crippen LogP contribution in [0, 0.1) is 4.84 Å². The maximum atomic E-state index is 9.54. The molecule has 1 saturated heterocycles. The van der Waals surface area contributed by atoms with Gasteiger partial charge in [0.05, 0.1) is 29.8 Å². The van der Waals surface area contributed by atoms with Crippen molar-refractivity contribution in [2.24, 2.45) is 0 Å². The first-order valence-electron chi connectivity index (χ1n) is 6.98. The Balaban J connectivity index is 1.79. The first kappa shape index (κ1) is 14.7. The summed E-state index contributed by atoms with van der Waals surface area (Å²) in [5.41, 5.74) is 0.744. The second kappa shape index (κ2) is 6.27. The Hall–Kier alpha value is -1.21. The van der Waals surface area contributed by atoms with Crippen LogP contribution >= 0.6 is 23.8 Å². The van der Waals surface area contributed by atoms with E-state index in [0.29, 0.717) is 22.4 Å². The zero-order chi connectivity index (χ0) is 14.8. The largest absolute Gasteiger partial charge is 0.409 e. The minimum absolute atomic E-state index is 0.169. The number of piperidine rings is 1. The first-order chi connectivity index (χ1) is 10.1. The third-order valence-corrected chi connectivity index (χ3v) is 4.37. The van der Waals surface area contributed by atoms with Crippen LogP contribution in [0.15, 0.2) is 28.7 Å². The summed E-state index contributed by atoms with van der Waals surface area (Å²) in [6.07, 6.45) is 1.47. The average Bonchev–Trinajstić information content (AvgIpc) is 2.83. The number of nitrogens with one attached hydrogen (secondary N) is 1. The SMILES string of the molecule is OC1CC[NH+](Cn2nc(-c3ccccc3Cl)oc2=S)CC1. The van der Waals surface area contributed by atoms with Crippen LogP contribution in [-0.2, 0) is 6.67 Å². The standard InChI is InChI=1S/C14H16ClN3O2S/c15-12-4-2-1-3-11(12)13-16-18(14(21)20-13)9-17-7-5-10(19)6-8-17/h1-4,10,19H,5-9H2/p+1. The summed E-state index contributed by atoms with van der Waals surface area (Å²) in [6, 6.07) is 7.40. The predicted octanol–water partition coefficient (Wildman–Crippen LogP) is 1.52. The van der Waals surface area contributed by atoms with Crippen molar-refractivity contribution in [3.63, 3.8) is 0 Å². The van der Waals surface area contributed by atoms with Crippen LogP contribution in [0.3, 0.4) is 0 Å². The molecule has 1 fully saturated rings. The van der Waals surface area contributed by atoms with E-state index in [9.17, 15) is 5.11 Å². The monoisotopic (exact) mass is 326 g/mol. The highest BCUT2D eigenvalue weighted by atomic mass is 35.5. The number of aliphatic hydroxyl groups is 1. The topological polar surface area (TPSA) is 55.6 Å². The highest BCUT2D eigenvalue weighted by molar-refractivity contribution is 7.71. The zero-order valence-corrected chi connectivity index (χ0v) is 13.0. The number of aromatic nitrogens is 2. The summed E-state index contributed by atoms with van der Waals surface area (Å²) in [5, 5.41) is 14.6. The van der Waals surface area contributed by atoms with E-state index in [1.54, 1.807) is 10.7 Å². The number of hydrogen-bond acceptors (Lipinski definition) is 4. The molecule has 112 valence electrons. The van der Waals surface area contributed by atoms with Gasteiger partial charge in [-0.25, -0.2) is 0 Å². The Bertz CT molecular complexity index is 677. The quantitative estimate of drug-likeness (QED) is 0.840. The average molecular weight is 327 g/mol. The lowest BCUT2D eigenvalue weighted by Crippen LogP contribution is -3.12. The highest BCUT2D eigenvalue weighted by Gasteiger charge is 2.21. The van der Waals surface area contributed by atoms with Gasteiger partial charge in [0.2, 0.25) is 5.89 Å². The molecule has 2 aromatic rings. The fourth-order valence-electron chi connectivity index (χ4n) is 2.53. The van der Waals surface area contributed by atoms with Crippen LogP contribution in [0.1, 0.15) is 12.8 Å². The third kappa shape index (κ3) is 3.35. The molecule has 7 heteroatoms. The molecule has 0 saturated carbocycles. The van der Waals surface area contributed by atoms with E-state index < -0.39 is 0 Å². The molecule has 1 aliphatic rings. The fraction of sp³-hybridized carbons (Fsp3) is 0.429. The van der Waals surface area contributed by atoms with Crippen molar-refractivity contribution in [1.29, 1.82) is 0 Å².